The minimum Gasteiger partial charge on any atom is -0.456 e. The number of carbonyl (C=O) groups excluding carboxylic acids is 1. The molecule has 176 valence electrons. The monoisotopic (exact) mass is 465 g/mol. The van der Waals surface area contributed by atoms with Crippen molar-refractivity contribution in [2.75, 3.05) is 13.1 Å². The normalized spacial score (nSPS) is 15.1. The summed E-state index contributed by atoms with van der Waals surface area (Å²) in [7, 11) is 0. The molecule has 2 N–H and O–H groups in total. The summed E-state index contributed by atoms with van der Waals surface area (Å²) in [5.41, 5.74) is 4.35. The number of imidazole rings is 1. The number of rotatable bonds is 5. The number of aliphatic hydroxyl groups is 1. The lowest BCUT2D eigenvalue weighted by molar-refractivity contribution is -0.157. The van der Waals surface area contributed by atoms with E-state index >= 15 is 0 Å². The summed E-state index contributed by atoms with van der Waals surface area (Å²) in [5.74, 6) is 1.18. The van der Waals surface area contributed by atoms with E-state index in [9.17, 15) is 9.90 Å². The number of para-hydroxylation sites is 1. The van der Waals surface area contributed by atoms with Gasteiger partial charge in [-0.05, 0) is 35.2 Å². The number of likely N-dealkylation sites (tertiary alicyclic amines) is 1. The van der Waals surface area contributed by atoms with Crippen molar-refractivity contribution in [1.82, 2.24) is 14.9 Å². The van der Waals surface area contributed by atoms with Crippen molar-refractivity contribution in [2.45, 2.75) is 31.8 Å². The number of β-amino-alcohol motifs (C(OH)–C–C–N with tert-alkyl or cyclic N) is 1. The first-order valence-corrected chi connectivity index (χ1v) is 12.0. The molecule has 1 fully saturated rings. The molecule has 0 atom stereocenters. The third-order valence-electron chi connectivity index (χ3n) is 6.98. The number of aromatic nitrogens is 2. The van der Waals surface area contributed by atoms with Gasteiger partial charge < -0.3 is 19.4 Å². The third-order valence-corrected chi connectivity index (χ3v) is 6.98. The first-order chi connectivity index (χ1) is 16.9. The highest BCUT2D eigenvalue weighted by molar-refractivity contribution is 6.05. The molecule has 6 rings (SSSR count). The van der Waals surface area contributed by atoms with Crippen LogP contribution in [-0.4, -0.2) is 39.0 Å². The molecule has 0 radical (unpaired) electrons. The molecule has 2 aromatic heterocycles. The Balaban J connectivity index is 1.13. The van der Waals surface area contributed by atoms with Gasteiger partial charge in [-0.15, -0.1) is 0 Å². The Labute approximate surface area is 203 Å². The second-order valence-corrected chi connectivity index (χ2v) is 9.81. The number of furan rings is 1. The van der Waals surface area contributed by atoms with E-state index in [1.54, 1.807) is 11.1 Å². The van der Waals surface area contributed by atoms with Crippen LogP contribution in [0.4, 0.5) is 0 Å². The van der Waals surface area contributed by atoms with Gasteiger partial charge in [-0.3, -0.25) is 4.79 Å². The zero-order valence-electron chi connectivity index (χ0n) is 19.8. The molecular formula is C29H27N3O3. The smallest absolute Gasteiger partial charge is 0.227 e. The van der Waals surface area contributed by atoms with Crippen molar-refractivity contribution in [3.05, 3.63) is 89.7 Å². The topological polar surface area (TPSA) is 82.4 Å². The summed E-state index contributed by atoms with van der Waals surface area (Å²) in [5, 5.41) is 13.2. The van der Waals surface area contributed by atoms with Crippen LogP contribution in [0, 0.1) is 0 Å². The summed E-state index contributed by atoms with van der Waals surface area (Å²) in [4.78, 5) is 22.3. The summed E-state index contributed by atoms with van der Waals surface area (Å²) in [6, 6.07) is 22.1. The van der Waals surface area contributed by atoms with Crippen LogP contribution >= 0.6 is 0 Å². The van der Waals surface area contributed by atoms with Gasteiger partial charge in [0.15, 0.2) is 0 Å². The fraction of sp³-hybridized carbons (Fsp3) is 0.241. The van der Waals surface area contributed by atoms with E-state index in [4.69, 9.17) is 4.42 Å². The lowest BCUT2D eigenvalue weighted by Crippen LogP contribution is -2.61. The van der Waals surface area contributed by atoms with Crippen molar-refractivity contribution < 1.29 is 14.3 Å². The van der Waals surface area contributed by atoms with Crippen LogP contribution in [0.1, 0.15) is 36.6 Å². The number of benzene rings is 3. The fourth-order valence-electron chi connectivity index (χ4n) is 4.83. The Morgan fingerprint density at radius 2 is 1.80 bits per heavy atom. The van der Waals surface area contributed by atoms with Gasteiger partial charge in [-0.2, -0.15) is 0 Å². The SMILES string of the molecule is CC(C)c1ccc(-c2ncc(C3(O)CN(C(=O)Cc4ccc5oc6ccccc6c5c4)C3)[nH]2)cc1. The predicted molar refractivity (Wildman–Crippen MR) is 136 cm³/mol. The minimum absolute atomic E-state index is 0.00848. The number of hydrogen-bond donors (Lipinski definition) is 2. The van der Waals surface area contributed by atoms with Crippen LogP contribution in [0.3, 0.4) is 0 Å². The highest BCUT2D eigenvalue weighted by atomic mass is 16.3. The Morgan fingerprint density at radius 1 is 1.06 bits per heavy atom. The number of H-pyrrole nitrogens is 1. The second-order valence-electron chi connectivity index (χ2n) is 9.81. The number of aromatic amines is 1. The van der Waals surface area contributed by atoms with Gasteiger partial charge in [0, 0.05) is 16.3 Å². The Hall–Kier alpha value is -3.90. The summed E-state index contributed by atoms with van der Waals surface area (Å²) in [6.45, 7) is 4.82. The van der Waals surface area contributed by atoms with Crippen molar-refractivity contribution in [2.24, 2.45) is 0 Å². The second kappa shape index (κ2) is 8.10. The molecule has 5 aromatic rings. The quantitative estimate of drug-likeness (QED) is 0.365. The first-order valence-electron chi connectivity index (χ1n) is 12.0. The molecule has 1 aliphatic heterocycles. The summed E-state index contributed by atoms with van der Waals surface area (Å²) >= 11 is 0. The van der Waals surface area contributed by atoms with E-state index in [1.807, 2.05) is 54.6 Å². The zero-order valence-corrected chi connectivity index (χ0v) is 19.8. The van der Waals surface area contributed by atoms with E-state index in [2.05, 4.69) is 35.9 Å². The average Bonchev–Trinajstić information content (AvgIpc) is 3.47. The van der Waals surface area contributed by atoms with Gasteiger partial charge in [-0.1, -0.05) is 62.4 Å². The molecule has 6 nitrogen and oxygen atoms in total. The molecule has 3 aromatic carbocycles. The molecule has 3 heterocycles. The average molecular weight is 466 g/mol. The number of fused-ring (bicyclic) bond motifs is 3. The van der Waals surface area contributed by atoms with Crippen molar-refractivity contribution in [3.8, 4) is 11.4 Å². The van der Waals surface area contributed by atoms with E-state index in [1.165, 1.54) is 5.56 Å². The molecule has 0 bridgehead atoms. The molecule has 35 heavy (non-hydrogen) atoms. The molecule has 0 unspecified atom stereocenters. The van der Waals surface area contributed by atoms with Gasteiger partial charge >= 0.3 is 0 Å². The molecule has 1 saturated heterocycles. The lowest BCUT2D eigenvalue weighted by Gasteiger charge is -2.45. The highest BCUT2D eigenvalue weighted by Crippen LogP contribution is 2.33. The first kappa shape index (κ1) is 21.6. The predicted octanol–water partition coefficient (Wildman–Crippen LogP) is 5.37. The van der Waals surface area contributed by atoms with Gasteiger partial charge in [-0.25, -0.2) is 4.98 Å². The molecule has 0 saturated carbocycles. The molecular weight excluding hydrogens is 438 g/mol. The molecule has 6 heteroatoms. The maximum atomic E-state index is 12.9. The van der Waals surface area contributed by atoms with Gasteiger partial charge in [0.2, 0.25) is 5.91 Å². The maximum absolute atomic E-state index is 12.9. The Bertz CT molecular complexity index is 1540. The van der Waals surface area contributed by atoms with Crippen molar-refractivity contribution >= 4 is 27.8 Å². The number of carbonyl (C=O) groups is 1. The lowest BCUT2D eigenvalue weighted by atomic mass is 9.90. The summed E-state index contributed by atoms with van der Waals surface area (Å²) in [6.07, 6.45) is 1.95. The van der Waals surface area contributed by atoms with Crippen molar-refractivity contribution in [3.63, 3.8) is 0 Å². The van der Waals surface area contributed by atoms with Crippen molar-refractivity contribution in [1.29, 1.82) is 0 Å². The molecule has 1 aliphatic rings. The van der Waals surface area contributed by atoms with Crippen LogP contribution in [-0.2, 0) is 16.8 Å². The largest absolute Gasteiger partial charge is 0.456 e. The van der Waals surface area contributed by atoms with Crippen LogP contribution < -0.4 is 0 Å². The van der Waals surface area contributed by atoms with Gasteiger partial charge in [0.1, 0.15) is 22.6 Å². The molecule has 0 spiro atoms. The maximum Gasteiger partial charge on any atom is 0.227 e. The van der Waals surface area contributed by atoms with Crippen LogP contribution in [0.5, 0.6) is 0 Å². The fourth-order valence-corrected chi connectivity index (χ4v) is 4.83. The van der Waals surface area contributed by atoms with E-state index in [-0.39, 0.29) is 25.4 Å². The van der Waals surface area contributed by atoms with Gasteiger partial charge in [0.25, 0.3) is 0 Å². The Morgan fingerprint density at radius 3 is 2.57 bits per heavy atom. The van der Waals surface area contributed by atoms with E-state index in [0.717, 1.165) is 33.1 Å². The van der Waals surface area contributed by atoms with E-state index < -0.39 is 5.60 Å². The Kier molecular flexibility index (Phi) is 5.00. The van der Waals surface area contributed by atoms with Crippen LogP contribution in [0.15, 0.2) is 77.3 Å². The minimum atomic E-state index is -1.11. The summed E-state index contributed by atoms with van der Waals surface area (Å²) < 4.78 is 5.88. The standard InChI is InChI=1S/C29H27N3O3/c1-18(2)20-8-10-21(11-9-20)28-30-15-26(31-28)29(34)16-32(17-29)27(33)14-19-7-12-25-23(13-19)22-5-3-4-6-24(22)35-25/h3-13,15,18,34H,14,16-17H2,1-2H3,(H,30,31). The highest BCUT2D eigenvalue weighted by Gasteiger charge is 2.46. The van der Waals surface area contributed by atoms with Crippen LogP contribution in [0.25, 0.3) is 33.3 Å². The number of nitrogens with zero attached hydrogens (tertiary/aromatic N) is 2. The number of amides is 1. The molecule has 1 amide bonds. The third kappa shape index (κ3) is 3.80. The number of nitrogens with one attached hydrogen (secondary N) is 1. The molecule has 0 aliphatic carbocycles. The van der Waals surface area contributed by atoms with E-state index in [0.29, 0.717) is 17.4 Å². The number of hydrogen-bond acceptors (Lipinski definition) is 4. The van der Waals surface area contributed by atoms with Crippen LogP contribution in [0.2, 0.25) is 0 Å². The zero-order chi connectivity index (χ0) is 24.2. The van der Waals surface area contributed by atoms with Gasteiger partial charge in [0.05, 0.1) is 31.4 Å².